The molecule has 0 aliphatic carbocycles. The smallest absolute Gasteiger partial charge is 0.277 e. The fraction of sp³-hybridized carbons (Fsp3) is 0. The molecule has 0 amide bonds. The highest BCUT2D eigenvalue weighted by molar-refractivity contribution is 4.82. The van der Waals surface area contributed by atoms with Crippen molar-refractivity contribution in [1.29, 1.82) is 0 Å². The Morgan fingerprint density at radius 2 is 2.50 bits per heavy atom. The molecule has 0 saturated carbocycles. The number of furan rings is 1. The third-order valence-electron chi connectivity index (χ3n) is 0.486. The molecular weight excluding hydrogens is 83.0 g/mol. The third kappa shape index (κ3) is 0.407. The lowest BCUT2D eigenvalue weighted by Gasteiger charge is -1.63. The molecule has 0 aliphatic rings. The van der Waals surface area contributed by atoms with Crippen molar-refractivity contribution in [2.45, 2.75) is 0 Å². The predicted octanol–water partition coefficient (Wildman–Crippen LogP) is 1.42. The van der Waals surface area contributed by atoms with Crippen LogP contribution in [0.1, 0.15) is 0 Å². The Kier molecular flexibility index (Phi) is 0.638. The maximum atomic E-state index is 11.5. The summed E-state index contributed by atoms with van der Waals surface area (Å²) in [6.45, 7) is 0. The summed E-state index contributed by atoms with van der Waals surface area (Å²) in [5, 5.41) is 0. The van der Waals surface area contributed by atoms with E-state index < -0.39 is 6.01 Å². The predicted molar refractivity (Wildman–Crippen MR) is 18.7 cm³/mol. The van der Waals surface area contributed by atoms with E-state index >= 15 is 0 Å². The van der Waals surface area contributed by atoms with Gasteiger partial charge in [-0.2, -0.15) is 4.39 Å². The Bertz CT molecular complexity index is 111. The van der Waals surface area contributed by atoms with E-state index in [-0.39, 0.29) is 0 Å². The molecule has 0 fully saturated rings. The van der Waals surface area contributed by atoms with Crippen LogP contribution < -0.4 is 0 Å². The van der Waals surface area contributed by atoms with Crippen molar-refractivity contribution in [3.05, 3.63) is 24.4 Å². The normalized spacial score (nSPS) is 8.83. The SMILES string of the molecule is Fc1ccco1. The van der Waals surface area contributed by atoms with Gasteiger partial charge in [-0.05, 0) is 6.07 Å². The van der Waals surface area contributed by atoms with Crippen LogP contribution in [-0.2, 0) is 0 Å². The van der Waals surface area contributed by atoms with Gasteiger partial charge in [0, 0.05) is 6.07 Å². The quantitative estimate of drug-likeness (QED) is 0.465. The minimum atomic E-state index is -0.532. The molecule has 6 heavy (non-hydrogen) atoms. The fourth-order valence-corrected chi connectivity index (χ4v) is 0.259. The van der Waals surface area contributed by atoms with Gasteiger partial charge in [0.2, 0.25) is 0 Å². The number of hydrogen-bond acceptors (Lipinski definition) is 1. The first-order valence-corrected chi connectivity index (χ1v) is 1.58. The second-order valence-electron chi connectivity index (χ2n) is 0.917. The van der Waals surface area contributed by atoms with Crippen LogP contribution in [0.4, 0.5) is 4.39 Å². The monoisotopic (exact) mass is 86.0 g/mol. The molecule has 0 atom stereocenters. The highest BCUT2D eigenvalue weighted by atomic mass is 19.1. The van der Waals surface area contributed by atoms with Gasteiger partial charge in [0.15, 0.2) is 0 Å². The summed E-state index contributed by atoms with van der Waals surface area (Å²) in [4.78, 5) is 0. The van der Waals surface area contributed by atoms with Crippen LogP contribution >= 0.6 is 0 Å². The molecule has 1 nitrogen and oxygen atoms in total. The molecule has 0 aromatic carbocycles. The Morgan fingerprint density at radius 3 is 2.67 bits per heavy atom. The molecule has 0 N–H and O–H groups in total. The summed E-state index contributed by atoms with van der Waals surface area (Å²) in [5.41, 5.74) is 0. The Labute approximate surface area is 34.4 Å². The van der Waals surface area contributed by atoms with E-state index in [2.05, 4.69) is 4.42 Å². The van der Waals surface area contributed by atoms with Gasteiger partial charge in [0.25, 0.3) is 6.01 Å². The van der Waals surface area contributed by atoms with Crippen molar-refractivity contribution in [3.63, 3.8) is 0 Å². The first-order valence-electron chi connectivity index (χ1n) is 1.58. The fourth-order valence-electron chi connectivity index (χ4n) is 0.259. The highest BCUT2D eigenvalue weighted by Crippen LogP contribution is 1.92. The minimum absolute atomic E-state index is 0.532. The van der Waals surface area contributed by atoms with Crippen LogP contribution in [0.5, 0.6) is 0 Å². The molecular formula is C4H3FO. The first-order chi connectivity index (χ1) is 2.89. The topological polar surface area (TPSA) is 13.1 Å². The molecule has 0 radical (unpaired) electrons. The zero-order valence-corrected chi connectivity index (χ0v) is 3.02. The molecule has 0 saturated heterocycles. The van der Waals surface area contributed by atoms with E-state index in [9.17, 15) is 4.39 Å². The van der Waals surface area contributed by atoms with Gasteiger partial charge in [-0.3, -0.25) is 0 Å². The number of hydrogen-bond donors (Lipinski definition) is 0. The second-order valence-corrected chi connectivity index (χ2v) is 0.917. The lowest BCUT2D eigenvalue weighted by Crippen LogP contribution is -1.49. The van der Waals surface area contributed by atoms with E-state index in [1.807, 2.05) is 0 Å². The molecule has 0 unspecified atom stereocenters. The van der Waals surface area contributed by atoms with Crippen molar-refractivity contribution < 1.29 is 8.81 Å². The van der Waals surface area contributed by atoms with Gasteiger partial charge in [-0.25, -0.2) is 0 Å². The van der Waals surface area contributed by atoms with Crippen molar-refractivity contribution in [1.82, 2.24) is 0 Å². The van der Waals surface area contributed by atoms with Gasteiger partial charge in [0.1, 0.15) is 0 Å². The molecule has 1 heterocycles. The van der Waals surface area contributed by atoms with Gasteiger partial charge < -0.3 is 4.42 Å². The number of rotatable bonds is 0. The summed E-state index contributed by atoms with van der Waals surface area (Å²) in [6.07, 6.45) is 1.29. The van der Waals surface area contributed by atoms with Crippen LogP contribution in [0.25, 0.3) is 0 Å². The minimum Gasteiger partial charge on any atom is -0.440 e. The van der Waals surface area contributed by atoms with Crippen LogP contribution in [0.15, 0.2) is 22.8 Å². The maximum Gasteiger partial charge on any atom is 0.277 e. The molecule has 0 spiro atoms. The van der Waals surface area contributed by atoms with E-state index in [0.29, 0.717) is 0 Å². The zero-order chi connectivity index (χ0) is 4.41. The standard InChI is InChI=1S/C4H3FO/c5-4-2-1-3-6-4/h1-3H. The highest BCUT2D eigenvalue weighted by Gasteiger charge is 1.81. The zero-order valence-electron chi connectivity index (χ0n) is 3.02. The van der Waals surface area contributed by atoms with Crippen molar-refractivity contribution in [3.8, 4) is 0 Å². The second kappa shape index (κ2) is 1.12. The van der Waals surface area contributed by atoms with E-state index in [4.69, 9.17) is 0 Å². The van der Waals surface area contributed by atoms with Crippen molar-refractivity contribution >= 4 is 0 Å². The summed E-state index contributed by atoms with van der Waals surface area (Å²) in [7, 11) is 0. The van der Waals surface area contributed by atoms with Gasteiger partial charge in [-0.1, -0.05) is 0 Å². The van der Waals surface area contributed by atoms with Gasteiger partial charge >= 0.3 is 0 Å². The Balaban J connectivity index is 3.05. The molecule has 1 aromatic heterocycles. The van der Waals surface area contributed by atoms with Crippen molar-refractivity contribution in [2.75, 3.05) is 0 Å². The van der Waals surface area contributed by atoms with Crippen LogP contribution in [0.3, 0.4) is 0 Å². The Hall–Kier alpha value is -0.790. The molecule has 2 heteroatoms. The average molecular weight is 86.1 g/mol. The van der Waals surface area contributed by atoms with E-state index in [1.54, 1.807) is 0 Å². The molecule has 1 rings (SSSR count). The van der Waals surface area contributed by atoms with E-state index in [1.165, 1.54) is 18.4 Å². The van der Waals surface area contributed by atoms with E-state index in [0.717, 1.165) is 0 Å². The Morgan fingerprint density at radius 1 is 1.67 bits per heavy atom. The van der Waals surface area contributed by atoms with Crippen LogP contribution in [0.2, 0.25) is 0 Å². The van der Waals surface area contributed by atoms with Crippen LogP contribution in [0, 0.1) is 6.01 Å². The molecule has 32 valence electrons. The summed E-state index contributed by atoms with van der Waals surface area (Å²) in [5.74, 6) is 0. The summed E-state index contributed by atoms with van der Waals surface area (Å²) in [6, 6.07) is 2.21. The maximum absolute atomic E-state index is 11.5. The molecule has 0 aliphatic heterocycles. The summed E-state index contributed by atoms with van der Waals surface area (Å²) >= 11 is 0. The van der Waals surface area contributed by atoms with Crippen molar-refractivity contribution in [2.24, 2.45) is 0 Å². The largest absolute Gasteiger partial charge is 0.440 e. The lowest BCUT2D eigenvalue weighted by molar-refractivity contribution is 0.359. The lowest BCUT2D eigenvalue weighted by atomic mass is 10.7. The van der Waals surface area contributed by atoms with Gasteiger partial charge in [0.05, 0.1) is 6.26 Å². The molecule has 1 aromatic rings. The number of halogens is 1. The van der Waals surface area contributed by atoms with Crippen LogP contribution in [-0.4, -0.2) is 0 Å². The summed E-state index contributed by atoms with van der Waals surface area (Å²) < 4.78 is 15.7. The third-order valence-corrected chi connectivity index (χ3v) is 0.486. The average Bonchev–Trinajstić information content (AvgIpc) is 1.86. The molecule has 0 bridgehead atoms. The van der Waals surface area contributed by atoms with Gasteiger partial charge in [-0.15, -0.1) is 0 Å². The first kappa shape index (κ1) is 3.40.